The fourth-order valence-corrected chi connectivity index (χ4v) is 2.51. The highest BCUT2D eigenvalue weighted by molar-refractivity contribution is 5.99. The monoisotopic (exact) mass is 274 g/mol. The van der Waals surface area contributed by atoms with Crippen LogP contribution >= 0.6 is 0 Å². The van der Waals surface area contributed by atoms with Crippen LogP contribution in [0.3, 0.4) is 0 Å². The van der Waals surface area contributed by atoms with Crippen LogP contribution in [0, 0.1) is 12.8 Å². The minimum Gasteiger partial charge on any atom is -0.385 e. The van der Waals surface area contributed by atoms with Gasteiger partial charge in [-0.15, -0.1) is 0 Å². The van der Waals surface area contributed by atoms with E-state index in [4.69, 9.17) is 0 Å². The van der Waals surface area contributed by atoms with Crippen LogP contribution in [0.25, 0.3) is 0 Å². The average molecular weight is 274 g/mol. The molecule has 0 aromatic heterocycles. The first-order valence-corrected chi connectivity index (χ1v) is 7.79. The summed E-state index contributed by atoms with van der Waals surface area (Å²) in [5.74, 6) is 0.910. The Morgan fingerprint density at radius 3 is 2.70 bits per heavy atom. The van der Waals surface area contributed by atoms with E-state index in [-0.39, 0.29) is 5.91 Å². The summed E-state index contributed by atoms with van der Waals surface area (Å²) >= 11 is 0. The summed E-state index contributed by atoms with van der Waals surface area (Å²) in [5.41, 5.74) is 2.96. The quantitative estimate of drug-likeness (QED) is 0.822. The molecule has 0 bridgehead atoms. The number of aryl methyl sites for hydroxylation is 1. The number of hydrogen-bond donors (Lipinski definition) is 1. The van der Waals surface area contributed by atoms with Gasteiger partial charge in [0.1, 0.15) is 0 Å². The van der Waals surface area contributed by atoms with Gasteiger partial charge in [-0.3, -0.25) is 4.79 Å². The maximum absolute atomic E-state index is 12.8. The van der Waals surface area contributed by atoms with Gasteiger partial charge in [0.05, 0.1) is 5.56 Å². The molecule has 0 heterocycles. The third kappa shape index (κ3) is 3.75. The zero-order valence-electron chi connectivity index (χ0n) is 12.9. The molecule has 1 saturated carbocycles. The zero-order valence-corrected chi connectivity index (χ0v) is 12.9. The first-order chi connectivity index (χ1) is 9.65. The predicted octanol–water partition coefficient (Wildman–Crippen LogP) is 3.69. The van der Waals surface area contributed by atoms with Crippen molar-refractivity contribution in [1.82, 2.24) is 4.90 Å². The Hall–Kier alpha value is -1.51. The molecule has 1 N–H and O–H groups in total. The van der Waals surface area contributed by atoms with Crippen molar-refractivity contribution in [3.05, 3.63) is 29.3 Å². The molecule has 3 nitrogen and oxygen atoms in total. The van der Waals surface area contributed by atoms with E-state index in [9.17, 15) is 4.79 Å². The van der Waals surface area contributed by atoms with Gasteiger partial charge in [-0.2, -0.15) is 0 Å². The number of nitrogens with zero attached hydrogens (tertiary/aromatic N) is 1. The van der Waals surface area contributed by atoms with Gasteiger partial charge in [0.25, 0.3) is 5.91 Å². The molecule has 110 valence electrons. The normalized spacial score (nSPS) is 14.2. The van der Waals surface area contributed by atoms with Crippen molar-refractivity contribution >= 4 is 11.6 Å². The lowest BCUT2D eigenvalue weighted by Crippen LogP contribution is -2.34. The van der Waals surface area contributed by atoms with Crippen molar-refractivity contribution in [2.24, 2.45) is 5.92 Å². The third-order valence-corrected chi connectivity index (χ3v) is 3.73. The molecule has 1 aliphatic carbocycles. The van der Waals surface area contributed by atoms with Gasteiger partial charge < -0.3 is 10.2 Å². The van der Waals surface area contributed by atoms with E-state index in [2.05, 4.69) is 32.2 Å². The predicted molar refractivity (Wildman–Crippen MR) is 84.3 cm³/mol. The Balaban J connectivity index is 2.20. The van der Waals surface area contributed by atoms with E-state index in [0.717, 1.165) is 43.2 Å². The van der Waals surface area contributed by atoms with E-state index in [1.165, 1.54) is 18.4 Å². The molecular formula is C17H26N2O. The van der Waals surface area contributed by atoms with Crippen LogP contribution in [0.5, 0.6) is 0 Å². The first-order valence-electron chi connectivity index (χ1n) is 7.79. The second-order valence-corrected chi connectivity index (χ2v) is 5.77. The Morgan fingerprint density at radius 2 is 2.10 bits per heavy atom. The second kappa shape index (κ2) is 6.78. The van der Waals surface area contributed by atoms with Gasteiger partial charge >= 0.3 is 0 Å². The van der Waals surface area contributed by atoms with Crippen LogP contribution in [0.15, 0.2) is 18.2 Å². The zero-order chi connectivity index (χ0) is 14.5. The Bertz CT molecular complexity index is 466. The molecular weight excluding hydrogens is 248 g/mol. The molecule has 0 atom stereocenters. The molecule has 2 rings (SSSR count). The smallest absolute Gasteiger partial charge is 0.255 e. The highest BCUT2D eigenvalue weighted by Crippen LogP contribution is 2.30. The summed E-state index contributed by atoms with van der Waals surface area (Å²) < 4.78 is 0. The van der Waals surface area contributed by atoms with Gasteiger partial charge in [0.2, 0.25) is 0 Å². The molecule has 1 aromatic rings. The van der Waals surface area contributed by atoms with Crippen molar-refractivity contribution in [2.75, 3.05) is 25.0 Å². The lowest BCUT2D eigenvalue weighted by atomic mass is 10.1. The number of hydrogen-bond acceptors (Lipinski definition) is 2. The summed E-state index contributed by atoms with van der Waals surface area (Å²) in [7, 11) is 0. The molecule has 1 aromatic carbocycles. The summed E-state index contributed by atoms with van der Waals surface area (Å²) in [4.78, 5) is 14.8. The van der Waals surface area contributed by atoms with E-state index in [0.29, 0.717) is 0 Å². The van der Waals surface area contributed by atoms with Gasteiger partial charge in [0.15, 0.2) is 0 Å². The van der Waals surface area contributed by atoms with E-state index >= 15 is 0 Å². The molecule has 0 aliphatic heterocycles. The number of carbonyl (C=O) groups excluding carboxylic acids is 1. The molecule has 1 amide bonds. The largest absolute Gasteiger partial charge is 0.385 e. The molecule has 20 heavy (non-hydrogen) atoms. The lowest BCUT2D eigenvalue weighted by molar-refractivity contribution is 0.0748. The van der Waals surface area contributed by atoms with Crippen LogP contribution < -0.4 is 5.32 Å². The fourth-order valence-electron chi connectivity index (χ4n) is 2.51. The molecule has 1 fully saturated rings. The van der Waals surface area contributed by atoms with E-state index in [1.54, 1.807) is 0 Å². The molecule has 3 heteroatoms. The van der Waals surface area contributed by atoms with Crippen molar-refractivity contribution in [3.63, 3.8) is 0 Å². The Morgan fingerprint density at radius 1 is 1.35 bits per heavy atom. The number of anilines is 1. The van der Waals surface area contributed by atoms with Crippen LogP contribution in [0.1, 0.15) is 49.0 Å². The molecule has 0 saturated heterocycles. The lowest BCUT2D eigenvalue weighted by Gasteiger charge is -2.23. The topological polar surface area (TPSA) is 32.3 Å². The Labute approximate surface area is 122 Å². The first kappa shape index (κ1) is 14.9. The third-order valence-electron chi connectivity index (χ3n) is 3.73. The molecule has 1 aliphatic rings. The van der Waals surface area contributed by atoms with E-state index < -0.39 is 0 Å². The highest BCUT2D eigenvalue weighted by atomic mass is 16.2. The van der Waals surface area contributed by atoms with Crippen molar-refractivity contribution in [2.45, 2.75) is 40.0 Å². The maximum atomic E-state index is 12.8. The summed E-state index contributed by atoms with van der Waals surface area (Å²) in [6, 6.07) is 6.05. The SMILES string of the molecule is CCCN(CC1CC1)C(=O)c1ccc(C)cc1NCC. The fraction of sp³-hybridized carbons (Fsp3) is 0.588. The van der Waals surface area contributed by atoms with Crippen molar-refractivity contribution in [1.29, 1.82) is 0 Å². The van der Waals surface area contributed by atoms with Gasteiger partial charge in [-0.05, 0) is 56.7 Å². The highest BCUT2D eigenvalue weighted by Gasteiger charge is 2.27. The molecule has 0 radical (unpaired) electrons. The van der Waals surface area contributed by atoms with Crippen molar-refractivity contribution in [3.8, 4) is 0 Å². The second-order valence-electron chi connectivity index (χ2n) is 5.77. The molecule has 0 unspecified atom stereocenters. The summed E-state index contributed by atoms with van der Waals surface area (Å²) in [5, 5.41) is 3.32. The van der Waals surface area contributed by atoms with Crippen LogP contribution in [0.4, 0.5) is 5.69 Å². The minimum absolute atomic E-state index is 0.176. The minimum atomic E-state index is 0.176. The summed E-state index contributed by atoms with van der Waals surface area (Å²) in [6.07, 6.45) is 3.57. The van der Waals surface area contributed by atoms with Gasteiger partial charge in [-0.1, -0.05) is 13.0 Å². The van der Waals surface area contributed by atoms with Crippen molar-refractivity contribution < 1.29 is 4.79 Å². The van der Waals surface area contributed by atoms with E-state index in [1.807, 2.05) is 17.0 Å². The van der Waals surface area contributed by atoms with Crippen LogP contribution in [-0.4, -0.2) is 30.4 Å². The number of carbonyl (C=O) groups is 1. The van der Waals surface area contributed by atoms with Crippen LogP contribution in [0.2, 0.25) is 0 Å². The number of amides is 1. The van der Waals surface area contributed by atoms with Gasteiger partial charge in [-0.25, -0.2) is 0 Å². The Kier molecular flexibility index (Phi) is 5.05. The van der Waals surface area contributed by atoms with Gasteiger partial charge in [0, 0.05) is 25.3 Å². The number of nitrogens with one attached hydrogen (secondary N) is 1. The molecule has 0 spiro atoms. The number of benzene rings is 1. The number of rotatable bonds is 7. The maximum Gasteiger partial charge on any atom is 0.255 e. The standard InChI is InChI=1S/C17H26N2O/c1-4-10-19(12-14-7-8-14)17(20)15-9-6-13(3)11-16(15)18-5-2/h6,9,11,14,18H,4-5,7-8,10,12H2,1-3H3. The van der Waals surface area contributed by atoms with Crippen LogP contribution in [-0.2, 0) is 0 Å². The average Bonchev–Trinajstić information content (AvgIpc) is 3.22. The summed E-state index contributed by atoms with van der Waals surface area (Å²) in [6.45, 7) is 8.86.